The Labute approximate surface area is 130 Å². The summed E-state index contributed by atoms with van der Waals surface area (Å²) in [5.41, 5.74) is 0. The second kappa shape index (κ2) is 7.63. The zero-order valence-corrected chi connectivity index (χ0v) is 12.0. The topological polar surface area (TPSA) is 190 Å². The van der Waals surface area contributed by atoms with E-state index in [9.17, 15) is 35.7 Å². The van der Waals surface area contributed by atoms with Crippen LogP contribution in [-0.2, 0) is 14.2 Å². The minimum Gasteiger partial charge on any atom is -0.394 e. The van der Waals surface area contributed by atoms with Gasteiger partial charge < -0.3 is 55.1 Å². The molecule has 2 fully saturated rings. The lowest BCUT2D eigenvalue weighted by Gasteiger charge is -2.41. The fourth-order valence-electron chi connectivity index (χ4n) is 2.57. The summed E-state index contributed by atoms with van der Waals surface area (Å²) in [6.45, 7) is -1.38. The zero-order chi connectivity index (χ0) is 17.3. The van der Waals surface area contributed by atoms with Crippen molar-refractivity contribution in [1.29, 1.82) is 0 Å². The van der Waals surface area contributed by atoms with E-state index in [1.165, 1.54) is 0 Å². The van der Waals surface area contributed by atoms with Crippen molar-refractivity contribution in [3.05, 3.63) is 0 Å². The lowest BCUT2D eigenvalue weighted by Crippen LogP contribution is -2.60. The molecule has 0 aromatic carbocycles. The number of aliphatic hydroxyl groups is 8. The Morgan fingerprint density at radius 2 is 1.43 bits per heavy atom. The summed E-state index contributed by atoms with van der Waals surface area (Å²) in [6, 6.07) is 0. The Kier molecular flexibility index (Phi) is 6.27. The molecule has 1 unspecified atom stereocenters. The van der Waals surface area contributed by atoms with Crippen LogP contribution in [0.25, 0.3) is 0 Å². The molecule has 136 valence electrons. The van der Waals surface area contributed by atoms with Crippen molar-refractivity contribution in [2.75, 3.05) is 13.2 Å². The molecule has 8 N–H and O–H groups in total. The van der Waals surface area contributed by atoms with Crippen LogP contribution in [0.15, 0.2) is 0 Å². The average molecular weight is 342 g/mol. The summed E-state index contributed by atoms with van der Waals surface area (Å²) in [7, 11) is 0. The molecule has 0 aliphatic carbocycles. The van der Waals surface area contributed by atoms with E-state index in [1.54, 1.807) is 0 Å². The third kappa shape index (κ3) is 3.65. The van der Waals surface area contributed by atoms with Crippen LogP contribution in [0, 0.1) is 0 Å². The van der Waals surface area contributed by atoms with E-state index in [-0.39, 0.29) is 0 Å². The smallest absolute Gasteiger partial charge is 0.187 e. The maximum Gasteiger partial charge on any atom is 0.187 e. The molecule has 2 saturated heterocycles. The van der Waals surface area contributed by atoms with Crippen LogP contribution in [0.4, 0.5) is 0 Å². The summed E-state index contributed by atoms with van der Waals surface area (Å²) in [6.07, 6.45) is -15.2. The van der Waals surface area contributed by atoms with Crippen molar-refractivity contribution >= 4 is 0 Å². The first-order valence-corrected chi connectivity index (χ1v) is 7.08. The molecule has 0 bridgehead atoms. The first-order valence-electron chi connectivity index (χ1n) is 7.08. The monoisotopic (exact) mass is 342 g/mol. The third-order valence-corrected chi connectivity index (χ3v) is 3.98. The van der Waals surface area contributed by atoms with Crippen LogP contribution in [-0.4, -0.2) is 115 Å². The van der Waals surface area contributed by atoms with Gasteiger partial charge in [-0.25, -0.2) is 0 Å². The highest BCUT2D eigenvalue weighted by Gasteiger charge is 2.49. The molecule has 0 radical (unpaired) electrons. The Bertz CT molecular complexity index is 380. The molecule has 11 nitrogen and oxygen atoms in total. The molecule has 2 aliphatic heterocycles. The number of rotatable bonds is 5. The predicted molar refractivity (Wildman–Crippen MR) is 68.6 cm³/mol. The second-order valence-corrected chi connectivity index (χ2v) is 5.53. The van der Waals surface area contributed by atoms with Gasteiger partial charge in [-0.1, -0.05) is 0 Å². The van der Waals surface area contributed by atoms with Crippen molar-refractivity contribution < 1.29 is 55.1 Å². The minimum atomic E-state index is -1.70. The number of ether oxygens (including phenoxy) is 3. The Morgan fingerprint density at radius 3 is 1.91 bits per heavy atom. The van der Waals surface area contributed by atoms with E-state index in [4.69, 9.17) is 19.3 Å². The number of hydrogen-bond donors (Lipinski definition) is 8. The highest BCUT2D eigenvalue weighted by molar-refractivity contribution is 4.93. The van der Waals surface area contributed by atoms with Gasteiger partial charge in [-0.2, -0.15) is 0 Å². The van der Waals surface area contributed by atoms with E-state index in [1.807, 2.05) is 0 Å². The molecular formula is C12H22O11. The van der Waals surface area contributed by atoms with Crippen LogP contribution >= 0.6 is 0 Å². The maximum atomic E-state index is 9.85. The molecule has 2 heterocycles. The molecule has 0 saturated carbocycles. The van der Waals surface area contributed by atoms with Gasteiger partial charge >= 0.3 is 0 Å². The van der Waals surface area contributed by atoms with Gasteiger partial charge in [0.05, 0.1) is 13.2 Å². The van der Waals surface area contributed by atoms with Crippen molar-refractivity contribution in [2.24, 2.45) is 0 Å². The fraction of sp³-hybridized carbons (Fsp3) is 1.00. The minimum absolute atomic E-state index is 0.658. The van der Waals surface area contributed by atoms with Crippen molar-refractivity contribution in [1.82, 2.24) is 0 Å². The van der Waals surface area contributed by atoms with Gasteiger partial charge in [-0.05, 0) is 0 Å². The van der Waals surface area contributed by atoms with Crippen LogP contribution in [0.5, 0.6) is 0 Å². The Morgan fingerprint density at radius 1 is 0.783 bits per heavy atom. The summed E-state index contributed by atoms with van der Waals surface area (Å²) in [5, 5.41) is 76.2. The molecule has 2 aliphatic rings. The lowest BCUT2D eigenvalue weighted by atomic mass is 9.99. The molecule has 2 rings (SSSR count). The SMILES string of the molecule is OC[C@H]1O[C@H](O[C@H](CO)[C@H]2OC(O)[C@@H](O)[C@H]2O)[C@H](O)[C@@H](O)[C@H]1O. The Hall–Kier alpha value is -0.440. The highest BCUT2D eigenvalue weighted by atomic mass is 16.7. The van der Waals surface area contributed by atoms with Crippen LogP contribution < -0.4 is 0 Å². The van der Waals surface area contributed by atoms with E-state index < -0.39 is 74.6 Å². The molecular weight excluding hydrogens is 320 g/mol. The zero-order valence-electron chi connectivity index (χ0n) is 12.0. The summed E-state index contributed by atoms with van der Waals surface area (Å²) in [4.78, 5) is 0. The highest BCUT2D eigenvalue weighted by Crippen LogP contribution is 2.28. The molecule has 0 spiro atoms. The van der Waals surface area contributed by atoms with Crippen molar-refractivity contribution in [3.8, 4) is 0 Å². The lowest BCUT2D eigenvalue weighted by molar-refractivity contribution is -0.322. The van der Waals surface area contributed by atoms with Gasteiger partial charge in [0.1, 0.15) is 48.8 Å². The van der Waals surface area contributed by atoms with Gasteiger partial charge in [0.15, 0.2) is 12.6 Å². The first-order chi connectivity index (χ1) is 10.8. The molecule has 23 heavy (non-hydrogen) atoms. The standard InChI is InChI=1S/C12H22O11/c13-1-3-5(15)6(16)9(19)12(21-3)22-4(2-14)10-7(17)8(18)11(20)23-10/h3-20H,1-2H2/t3-,4-,5+,6+,7-,8+,9-,10-,11?,12-/m1/s1. The van der Waals surface area contributed by atoms with E-state index in [0.717, 1.165) is 0 Å². The normalized spacial score (nSPS) is 49.3. The van der Waals surface area contributed by atoms with Crippen molar-refractivity contribution in [2.45, 2.75) is 61.4 Å². The molecule has 11 heteroatoms. The van der Waals surface area contributed by atoms with Gasteiger partial charge in [-0.15, -0.1) is 0 Å². The summed E-state index contributed by atoms with van der Waals surface area (Å²) < 4.78 is 15.2. The van der Waals surface area contributed by atoms with Crippen LogP contribution in [0.2, 0.25) is 0 Å². The first kappa shape index (κ1) is 18.9. The number of aliphatic hydroxyl groups excluding tert-OH is 8. The van der Waals surface area contributed by atoms with Gasteiger partial charge in [0.2, 0.25) is 0 Å². The maximum absolute atomic E-state index is 9.85. The fourth-order valence-corrected chi connectivity index (χ4v) is 2.57. The molecule has 10 atom stereocenters. The average Bonchev–Trinajstić information content (AvgIpc) is 2.79. The van der Waals surface area contributed by atoms with Crippen LogP contribution in [0.3, 0.4) is 0 Å². The number of hydrogen-bond acceptors (Lipinski definition) is 11. The molecule has 0 aromatic rings. The summed E-state index contributed by atoms with van der Waals surface area (Å²) in [5.74, 6) is 0. The van der Waals surface area contributed by atoms with Crippen molar-refractivity contribution in [3.63, 3.8) is 0 Å². The van der Waals surface area contributed by atoms with Gasteiger partial charge in [0.25, 0.3) is 0 Å². The van der Waals surface area contributed by atoms with E-state index >= 15 is 0 Å². The Balaban J connectivity index is 2.06. The second-order valence-electron chi connectivity index (χ2n) is 5.53. The van der Waals surface area contributed by atoms with Gasteiger partial charge in [-0.3, -0.25) is 0 Å². The third-order valence-electron chi connectivity index (χ3n) is 3.98. The van der Waals surface area contributed by atoms with E-state index in [0.29, 0.717) is 0 Å². The van der Waals surface area contributed by atoms with Gasteiger partial charge in [0, 0.05) is 0 Å². The molecule has 0 amide bonds. The summed E-state index contributed by atoms with van der Waals surface area (Å²) >= 11 is 0. The predicted octanol–water partition coefficient (Wildman–Crippen LogP) is -5.40. The van der Waals surface area contributed by atoms with Crippen LogP contribution in [0.1, 0.15) is 0 Å². The molecule has 0 aromatic heterocycles. The largest absolute Gasteiger partial charge is 0.394 e. The quantitative estimate of drug-likeness (QED) is 0.238. The van der Waals surface area contributed by atoms with E-state index in [2.05, 4.69) is 0 Å².